The third-order valence-electron chi connectivity index (χ3n) is 2.66. The Bertz CT molecular complexity index is 469. The minimum absolute atomic E-state index is 0.0245. The number of aliphatic hydroxyl groups is 1. The molecule has 0 aliphatic carbocycles. The highest BCUT2D eigenvalue weighted by molar-refractivity contribution is 5.98. The van der Waals surface area contributed by atoms with Gasteiger partial charge in [-0.1, -0.05) is 11.2 Å². The summed E-state index contributed by atoms with van der Waals surface area (Å²) in [5, 5.41) is 20.3. The zero-order chi connectivity index (χ0) is 15.1. The van der Waals surface area contributed by atoms with Crippen LogP contribution in [0, 0.1) is 5.82 Å². The molecule has 0 heterocycles. The first kappa shape index (κ1) is 16.3. The van der Waals surface area contributed by atoms with Gasteiger partial charge in [-0.2, -0.15) is 0 Å². The van der Waals surface area contributed by atoms with Gasteiger partial charge in [0.15, 0.2) is 5.84 Å². The van der Waals surface area contributed by atoms with E-state index in [1.165, 1.54) is 11.0 Å². The van der Waals surface area contributed by atoms with Crippen molar-refractivity contribution in [2.75, 3.05) is 19.7 Å². The zero-order valence-corrected chi connectivity index (χ0v) is 10.6. The van der Waals surface area contributed by atoms with Gasteiger partial charge in [0.25, 0.3) is 6.43 Å². The molecule has 0 unspecified atom stereocenters. The van der Waals surface area contributed by atoms with E-state index in [-0.39, 0.29) is 31.1 Å². The predicted molar refractivity (Wildman–Crippen MR) is 67.3 cm³/mol. The summed E-state index contributed by atoms with van der Waals surface area (Å²) in [4.78, 5) is 1.30. The van der Waals surface area contributed by atoms with E-state index < -0.39 is 18.8 Å². The molecule has 112 valence electrons. The molecule has 4 N–H and O–H groups in total. The number of hydrogen-bond donors (Lipinski definition) is 3. The molecule has 0 saturated carbocycles. The van der Waals surface area contributed by atoms with Crippen LogP contribution in [0.15, 0.2) is 23.4 Å². The molecule has 0 aliphatic rings. The normalized spacial score (nSPS) is 12.4. The van der Waals surface area contributed by atoms with Crippen molar-refractivity contribution >= 4 is 5.84 Å². The third-order valence-corrected chi connectivity index (χ3v) is 2.66. The Kier molecular flexibility index (Phi) is 6.26. The van der Waals surface area contributed by atoms with Crippen molar-refractivity contribution in [3.05, 3.63) is 35.1 Å². The van der Waals surface area contributed by atoms with Crippen LogP contribution in [-0.2, 0) is 6.54 Å². The Labute approximate surface area is 114 Å². The number of oxime groups is 1. The van der Waals surface area contributed by atoms with Gasteiger partial charge in [-0.15, -0.1) is 0 Å². The molecular formula is C12H16F3N3O2. The number of nitrogens with two attached hydrogens (primary N) is 1. The number of benzene rings is 1. The molecule has 0 spiro atoms. The highest BCUT2D eigenvalue weighted by Crippen LogP contribution is 2.14. The van der Waals surface area contributed by atoms with E-state index in [9.17, 15) is 13.2 Å². The van der Waals surface area contributed by atoms with Crippen LogP contribution in [-0.4, -0.2) is 47.2 Å². The number of amidine groups is 1. The van der Waals surface area contributed by atoms with Gasteiger partial charge < -0.3 is 16.0 Å². The Balaban J connectivity index is 2.99. The topological polar surface area (TPSA) is 82.1 Å². The number of nitrogens with zero attached hydrogens (tertiary/aromatic N) is 2. The van der Waals surface area contributed by atoms with Crippen LogP contribution in [0.1, 0.15) is 11.1 Å². The molecule has 1 rings (SSSR count). The van der Waals surface area contributed by atoms with Gasteiger partial charge in [0.1, 0.15) is 5.82 Å². The minimum atomic E-state index is -2.56. The van der Waals surface area contributed by atoms with E-state index in [1.807, 2.05) is 0 Å². The van der Waals surface area contributed by atoms with Gasteiger partial charge in [0.2, 0.25) is 0 Å². The molecule has 5 nitrogen and oxygen atoms in total. The van der Waals surface area contributed by atoms with Crippen molar-refractivity contribution in [2.45, 2.75) is 13.0 Å². The SMILES string of the molecule is N/C(=N/O)c1cc(F)ccc1CN(CCO)CC(F)F. The van der Waals surface area contributed by atoms with Crippen LogP contribution in [0.25, 0.3) is 0 Å². The number of halogens is 3. The van der Waals surface area contributed by atoms with Crippen LogP contribution in [0.2, 0.25) is 0 Å². The van der Waals surface area contributed by atoms with Crippen molar-refractivity contribution in [3.8, 4) is 0 Å². The molecule has 0 aliphatic heterocycles. The lowest BCUT2D eigenvalue weighted by Crippen LogP contribution is -2.32. The maximum Gasteiger partial charge on any atom is 0.251 e. The van der Waals surface area contributed by atoms with Gasteiger partial charge in [0.05, 0.1) is 13.2 Å². The average molecular weight is 291 g/mol. The van der Waals surface area contributed by atoms with Gasteiger partial charge in [-0.25, -0.2) is 13.2 Å². The fraction of sp³-hybridized carbons (Fsp3) is 0.417. The second-order valence-electron chi connectivity index (χ2n) is 4.14. The van der Waals surface area contributed by atoms with Crippen molar-refractivity contribution in [2.24, 2.45) is 10.9 Å². The van der Waals surface area contributed by atoms with Gasteiger partial charge in [0, 0.05) is 18.7 Å². The summed E-state index contributed by atoms with van der Waals surface area (Å²) in [5.41, 5.74) is 5.99. The summed E-state index contributed by atoms with van der Waals surface area (Å²) in [6.07, 6.45) is -2.56. The summed E-state index contributed by atoms with van der Waals surface area (Å²) in [5.74, 6) is -0.890. The molecule has 0 atom stereocenters. The molecular weight excluding hydrogens is 275 g/mol. The van der Waals surface area contributed by atoms with E-state index in [0.29, 0.717) is 5.56 Å². The Morgan fingerprint density at radius 1 is 1.40 bits per heavy atom. The lowest BCUT2D eigenvalue weighted by atomic mass is 10.1. The van der Waals surface area contributed by atoms with E-state index in [1.54, 1.807) is 0 Å². The highest BCUT2D eigenvalue weighted by atomic mass is 19.3. The highest BCUT2D eigenvalue weighted by Gasteiger charge is 2.16. The quantitative estimate of drug-likeness (QED) is 0.303. The third kappa shape index (κ3) is 4.71. The van der Waals surface area contributed by atoms with Gasteiger partial charge >= 0.3 is 0 Å². The van der Waals surface area contributed by atoms with Crippen molar-refractivity contribution < 1.29 is 23.5 Å². The molecule has 0 amide bonds. The Morgan fingerprint density at radius 2 is 2.10 bits per heavy atom. The molecule has 8 heteroatoms. The van der Waals surface area contributed by atoms with Crippen molar-refractivity contribution in [1.29, 1.82) is 0 Å². The summed E-state index contributed by atoms with van der Waals surface area (Å²) in [6, 6.07) is 3.59. The zero-order valence-electron chi connectivity index (χ0n) is 10.6. The molecule has 20 heavy (non-hydrogen) atoms. The first-order valence-electron chi connectivity index (χ1n) is 5.85. The van der Waals surface area contributed by atoms with E-state index in [2.05, 4.69) is 5.16 Å². The van der Waals surface area contributed by atoms with Crippen molar-refractivity contribution in [1.82, 2.24) is 4.90 Å². The Hall–Kier alpha value is -1.80. The largest absolute Gasteiger partial charge is 0.409 e. The molecule has 0 aromatic heterocycles. The Morgan fingerprint density at radius 3 is 2.65 bits per heavy atom. The van der Waals surface area contributed by atoms with E-state index in [4.69, 9.17) is 16.0 Å². The summed E-state index contributed by atoms with van der Waals surface area (Å²) in [7, 11) is 0. The summed E-state index contributed by atoms with van der Waals surface area (Å²) >= 11 is 0. The second kappa shape index (κ2) is 7.71. The molecule has 0 saturated heterocycles. The fourth-order valence-electron chi connectivity index (χ4n) is 1.79. The van der Waals surface area contributed by atoms with E-state index in [0.717, 1.165) is 12.1 Å². The number of hydrogen-bond acceptors (Lipinski definition) is 4. The molecule has 1 aromatic carbocycles. The molecule has 0 radical (unpaired) electrons. The lowest BCUT2D eigenvalue weighted by molar-refractivity contribution is 0.0746. The van der Waals surface area contributed by atoms with Crippen LogP contribution >= 0.6 is 0 Å². The van der Waals surface area contributed by atoms with Crippen LogP contribution in [0.5, 0.6) is 0 Å². The predicted octanol–water partition coefficient (Wildman–Crippen LogP) is 0.980. The average Bonchev–Trinajstić information content (AvgIpc) is 2.39. The number of alkyl halides is 2. The van der Waals surface area contributed by atoms with Crippen LogP contribution < -0.4 is 5.73 Å². The lowest BCUT2D eigenvalue weighted by Gasteiger charge is -2.22. The van der Waals surface area contributed by atoms with Crippen LogP contribution in [0.3, 0.4) is 0 Å². The number of aliphatic hydroxyl groups excluding tert-OH is 1. The first-order chi connectivity index (χ1) is 9.47. The maximum atomic E-state index is 13.2. The van der Waals surface area contributed by atoms with Gasteiger partial charge in [-0.3, -0.25) is 4.90 Å². The standard InChI is InChI=1S/C12H16F3N3O2/c13-9-2-1-8(10(5-9)12(16)17-20)6-18(3-4-19)7-11(14)15/h1-2,5,11,19-20H,3-4,6-7H2,(H2,16,17). The van der Waals surface area contributed by atoms with E-state index >= 15 is 0 Å². The maximum absolute atomic E-state index is 13.2. The first-order valence-corrected chi connectivity index (χ1v) is 5.85. The van der Waals surface area contributed by atoms with Crippen LogP contribution in [0.4, 0.5) is 13.2 Å². The molecule has 1 aromatic rings. The second-order valence-corrected chi connectivity index (χ2v) is 4.14. The summed E-state index contributed by atoms with van der Waals surface area (Å²) in [6.45, 7) is -0.756. The smallest absolute Gasteiger partial charge is 0.251 e. The summed E-state index contributed by atoms with van der Waals surface area (Å²) < 4.78 is 38.0. The number of rotatable bonds is 7. The molecule has 0 bridgehead atoms. The monoisotopic (exact) mass is 291 g/mol. The minimum Gasteiger partial charge on any atom is -0.409 e. The fourth-order valence-corrected chi connectivity index (χ4v) is 1.79. The molecule has 0 fully saturated rings. The van der Waals surface area contributed by atoms with Gasteiger partial charge in [-0.05, 0) is 17.7 Å². The van der Waals surface area contributed by atoms with Crippen molar-refractivity contribution in [3.63, 3.8) is 0 Å².